The van der Waals surface area contributed by atoms with Crippen LogP contribution in [-0.4, -0.2) is 52.8 Å². The van der Waals surface area contributed by atoms with E-state index >= 15 is 0 Å². The number of hydrogen-bond donors (Lipinski definition) is 3. The average Bonchev–Trinajstić information content (AvgIpc) is 3.60. The van der Waals surface area contributed by atoms with Crippen molar-refractivity contribution < 1.29 is 18.0 Å². The van der Waals surface area contributed by atoms with Crippen LogP contribution in [0, 0.1) is 13.8 Å². The molecule has 5 N–H and O–H groups in total. The molecule has 9 nitrogen and oxygen atoms in total. The number of amides is 1. The molecule has 2 aliphatic rings. The van der Waals surface area contributed by atoms with E-state index in [-0.39, 0.29) is 11.3 Å². The molecule has 230 valence electrons. The molecule has 43 heavy (non-hydrogen) atoms. The summed E-state index contributed by atoms with van der Waals surface area (Å²) in [6.07, 6.45) is 3.08. The molecule has 0 aliphatic carbocycles. The molecule has 1 unspecified atom stereocenters. The van der Waals surface area contributed by atoms with Crippen LogP contribution < -0.4 is 26.8 Å². The first-order chi connectivity index (χ1) is 20.4. The molecule has 2 aromatic carbocycles. The number of halogens is 3. The highest BCUT2D eigenvalue weighted by molar-refractivity contribution is 6.05. The molecule has 0 radical (unpaired) electrons. The Morgan fingerprint density at radius 3 is 2.51 bits per heavy atom. The zero-order valence-electron chi connectivity index (χ0n) is 24.8. The molecular weight excluding hydrogens is 557 g/mol. The van der Waals surface area contributed by atoms with E-state index in [1.165, 1.54) is 17.5 Å². The fourth-order valence-corrected chi connectivity index (χ4v) is 5.89. The number of hydrazine groups is 1. The van der Waals surface area contributed by atoms with Gasteiger partial charge in [-0.05, 0) is 82.1 Å². The van der Waals surface area contributed by atoms with Crippen molar-refractivity contribution in [3.8, 4) is 0 Å². The van der Waals surface area contributed by atoms with Gasteiger partial charge in [-0.3, -0.25) is 19.4 Å². The van der Waals surface area contributed by atoms with Crippen LogP contribution >= 0.6 is 0 Å². The van der Waals surface area contributed by atoms with E-state index in [1.54, 1.807) is 41.3 Å². The van der Waals surface area contributed by atoms with Gasteiger partial charge in [-0.2, -0.15) is 18.3 Å². The Labute approximate surface area is 249 Å². The smallest absolute Gasteiger partial charge is 0.397 e. The van der Waals surface area contributed by atoms with E-state index in [1.807, 2.05) is 25.8 Å². The molecule has 0 saturated carbocycles. The summed E-state index contributed by atoms with van der Waals surface area (Å²) in [5, 5.41) is 8.20. The minimum atomic E-state index is -4.56. The second-order valence-corrected chi connectivity index (χ2v) is 11.5. The first kappa shape index (κ1) is 30.4. The number of nitrogens with two attached hydrogens (primary N) is 2. The van der Waals surface area contributed by atoms with Gasteiger partial charge >= 0.3 is 6.18 Å². The van der Waals surface area contributed by atoms with Crippen molar-refractivity contribution in [2.24, 2.45) is 18.6 Å². The quantitative estimate of drug-likeness (QED) is 0.260. The first-order valence-corrected chi connectivity index (χ1v) is 14.5. The average molecular weight is 597 g/mol. The lowest BCUT2D eigenvalue weighted by molar-refractivity contribution is -0.137. The largest absolute Gasteiger partial charge is 0.416 e. The zero-order chi connectivity index (χ0) is 30.9. The highest BCUT2D eigenvalue weighted by Gasteiger charge is 2.34. The van der Waals surface area contributed by atoms with Crippen molar-refractivity contribution in [2.45, 2.75) is 51.7 Å². The lowest BCUT2D eigenvalue weighted by Gasteiger charge is -2.32. The Balaban J connectivity index is 1.36. The second kappa shape index (κ2) is 12.3. The van der Waals surface area contributed by atoms with Gasteiger partial charge in [0.25, 0.3) is 5.91 Å². The summed E-state index contributed by atoms with van der Waals surface area (Å²) in [4.78, 5) is 17.8. The molecule has 2 aliphatic heterocycles. The second-order valence-electron chi connectivity index (χ2n) is 11.5. The number of nitrogens with zero attached hydrogens (tertiary/aromatic N) is 5. The topological polar surface area (TPSA) is 109 Å². The van der Waals surface area contributed by atoms with Crippen molar-refractivity contribution in [3.05, 3.63) is 76.7 Å². The Kier molecular flexibility index (Phi) is 8.70. The maximum Gasteiger partial charge on any atom is 0.416 e. The van der Waals surface area contributed by atoms with E-state index in [0.29, 0.717) is 36.2 Å². The number of benzene rings is 2. The van der Waals surface area contributed by atoms with E-state index in [2.05, 4.69) is 15.3 Å². The van der Waals surface area contributed by atoms with Crippen molar-refractivity contribution in [1.82, 2.24) is 14.7 Å². The third-order valence-electron chi connectivity index (χ3n) is 8.51. The van der Waals surface area contributed by atoms with Crippen molar-refractivity contribution >= 4 is 28.7 Å². The number of hydrogen-bond acceptors (Lipinski definition) is 7. The monoisotopic (exact) mass is 596 g/mol. The Bertz CT molecular complexity index is 1510. The normalized spacial score (nSPS) is 18.3. The van der Waals surface area contributed by atoms with Gasteiger partial charge in [-0.25, -0.2) is 5.84 Å². The van der Waals surface area contributed by atoms with Crippen LogP contribution in [0.2, 0.25) is 0 Å². The summed E-state index contributed by atoms with van der Waals surface area (Å²) in [5.74, 6) is 5.77. The maximum absolute atomic E-state index is 13.9. The minimum absolute atomic E-state index is 0.0826. The van der Waals surface area contributed by atoms with Crippen LogP contribution in [0.1, 0.15) is 58.4 Å². The third kappa shape index (κ3) is 6.80. The van der Waals surface area contributed by atoms with Crippen molar-refractivity contribution in [3.63, 3.8) is 0 Å². The molecule has 12 heteroatoms. The number of carbonyl (C=O) groups is 1. The molecule has 1 atom stereocenters. The van der Waals surface area contributed by atoms with Crippen LogP contribution in [0.5, 0.6) is 0 Å². The van der Waals surface area contributed by atoms with E-state index in [9.17, 15) is 18.0 Å². The van der Waals surface area contributed by atoms with E-state index in [4.69, 9.17) is 11.6 Å². The number of aryl methyl sites for hydroxylation is 2. The predicted molar refractivity (Wildman–Crippen MR) is 163 cm³/mol. The molecule has 3 heterocycles. The number of anilines is 3. The molecule has 0 spiro atoms. The van der Waals surface area contributed by atoms with Crippen LogP contribution in [0.15, 0.2) is 48.8 Å². The van der Waals surface area contributed by atoms with E-state index in [0.717, 1.165) is 55.2 Å². The molecule has 0 bridgehead atoms. The van der Waals surface area contributed by atoms with Gasteiger partial charge in [0.15, 0.2) is 0 Å². The Morgan fingerprint density at radius 2 is 1.84 bits per heavy atom. The highest BCUT2D eigenvalue weighted by Crippen LogP contribution is 2.36. The van der Waals surface area contributed by atoms with Crippen LogP contribution in [0.4, 0.5) is 30.2 Å². The van der Waals surface area contributed by atoms with Gasteiger partial charge < -0.3 is 16.0 Å². The number of carbonyl (C=O) groups excluding carboxylic acids is 1. The standard InChI is InChI=1S/C31H39F3N8O/c1-20-7-8-22(13-29(20)42(36)19-28(35)27-17-37-39(3)21(27)2)30(43)38-24-14-23(31(32,33)34)15-26(16-24)41-12-9-25(18-41)40-10-5-4-6-11-40/h7-8,13-17,19,25H,4-6,9-12,18,35-36H2,1-3H3,(H,38,43)/b28-19-. The summed E-state index contributed by atoms with van der Waals surface area (Å²) < 4.78 is 43.5. The Morgan fingerprint density at radius 1 is 1.09 bits per heavy atom. The summed E-state index contributed by atoms with van der Waals surface area (Å²) in [7, 11) is 1.81. The van der Waals surface area contributed by atoms with E-state index < -0.39 is 17.6 Å². The van der Waals surface area contributed by atoms with Gasteiger partial charge in [0.1, 0.15) is 0 Å². The number of rotatable bonds is 7. The molecule has 5 rings (SSSR count). The van der Waals surface area contributed by atoms with Crippen molar-refractivity contribution in [1.29, 1.82) is 0 Å². The Hall–Kier alpha value is -4.03. The van der Waals surface area contributed by atoms with Crippen LogP contribution in [0.25, 0.3) is 5.70 Å². The fourth-order valence-electron chi connectivity index (χ4n) is 5.89. The molecule has 2 saturated heterocycles. The maximum atomic E-state index is 13.9. The molecule has 2 fully saturated rings. The van der Waals surface area contributed by atoms with Crippen LogP contribution in [-0.2, 0) is 13.2 Å². The lowest BCUT2D eigenvalue weighted by Crippen LogP contribution is -2.40. The SMILES string of the molecule is Cc1ccc(C(=O)Nc2cc(N3CCC(N4CCCCC4)C3)cc(C(F)(F)F)c2)cc1N(N)/C=C(\N)c1cnn(C)c1C. The number of alkyl halides is 3. The minimum Gasteiger partial charge on any atom is -0.397 e. The van der Waals surface area contributed by atoms with Gasteiger partial charge in [-0.15, -0.1) is 0 Å². The lowest BCUT2D eigenvalue weighted by atomic mass is 10.1. The molecule has 3 aromatic rings. The van der Waals surface area contributed by atoms with Crippen LogP contribution in [0.3, 0.4) is 0 Å². The third-order valence-corrected chi connectivity index (χ3v) is 8.51. The number of piperidine rings is 1. The number of aromatic nitrogens is 2. The fraction of sp³-hybridized carbons (Fsp3) is 0.419. The first-order valence-electron chi connectivity index (χ1n) is 14.5. The summed E-state index contributed by atoms with van der Waals surface area (Å²) in [6.45, 7) is 7.12. The van der Waals surface area contributed by atoms with Gasteiger partial charge in [-0.1, -0.05) is 12.5 Å². The summed E-state index contributed by atoms with van der Waals surface area (Å²) >= 11 is 0. The van der Waals surface area contributed by atoms with Gasteiger partial charge in [0.2, 0.25) is 0 Å². The van der Waals surface area contributed by atoms with Gasteiger partial charge in [0.05, 0.1) is 23.1 Å². The highest BCUT2D eigenvalue weighted by atomic mass is 19.4. The summed E-state index contributed by atoms with van der Waals surface area (Å²) in [5.41, 5.74) is 9.53. The summed E-state index contributed by atoms with van der Waals surface area (Å²) in [6, 6.07) is 9.01. The predicted octanol–water partition coefficient (Wildman–Crippen LogP) is 5.01. The van der Waals surface area contributed by atoms with Gasteiger partial charge in [0, 0.05) is 60.6 Å². The number of nitrogens with one attached hydrogen (secondary N) is 1. The molecule has 1 amide bonds. The molecule has 1 aromatic heterocycles. The number of likely N-dealkylation sites (tertiary alicyclic amines) is 1. The zero-order valence-corrected chi connectivity index (χ0v) is 24.8. The molecular formula is C31H39F3N8O. The van der Waals surface area contributed by atoms with Crippen molar-refractivity contribution in [2.75, 3.05) is 41.4 Å².